The van der Waals surface area contributed by atoms with Crippen LogP contribution in [0.25, 0.3) is 0 Å². The minimum absolute atomic E-state index is 0.259. The summed E-state index contributed by atoms with van der Waals surface area (Å²) in [5.74, 6) is 1.16. The van der Waals surface area contributed by atoms with Gasteiger partial charge in [0.1, 0.15) is 23.9 Å². The molecular weight excluding hydrogens is 293 g/mol. The van der Waals surface area contributed by atoms with Gasteiger partial charge in [-0.1, -0.05) is 0 Å². The number of anilines is 1. The zero-order valence-corrected chi connectivity index (χ0v) is 12.4. The third-order valence-electron chi connectivity index (χ3n) is 2.75. The molecule has 0 heterocycles. The molecule has 2 rings (SSSR count). The van der Waals surface area contributed by atoms with Crippen molar-refractivity contribution >= 4 is 16.5 Å². The molecule has 0 aliphatic rings. The maximum Gasteiger partial charge on any atom is 0.126 e. The predicted octanol–water partition coefficient (Wildman–Crippen LogP) is 2.60. The molecule has 0 radical (unpaired) electrons. The summed E-state index contributed by atoms with van der Waals surface area (Å²) < 4.78 is 35.7. The van der Waals surface area contributed by atoms with Crippen LogP contribution in [0.5, 0.6) is 11.5 Å². The Morgan fingerprint density at radius 3 is 2.43 bits per heavy atom. The van der Waals surface area contributed by atoms with Gasteiger partial charge in [-0.25, -0.2) is 4.39 Å². The molecule has 0 aliphatic heterocycles. The van der Waals surface area contributed by atoms with Crippen LogP contribution in [0, 0.1) is 5.82 Å². The van der Waals surface area contributed by atoms with Gasteiger partial charge in [-0.15, -0.1) is 0 Å². The highest BCUT2D eigenvalue weighted by atomic mass is 32.2. The Hall–Kier alpha value is -2.08. The van der Waals surface area contributed by atoms with Crippen molar-refractivity contribution in [1.82, 2.24) is 0 Å². The number of nitrogens with two attached hydrogens (primary N) is 1. The number of hydrogen-bond donors (Lipinski definition) is 1. The van der Waals surface area contributed by atoms with Crippen LogP contribution in [0.2, 0.25) is 0 Å². The summed E-state index contributed by atoms with van der Waals surface area (Å²) in [7, 11) is 0.234. The molecule has 21 heavy (non-hydrogen) atoms. The molecule has 0 bridgehead atoms. The van der Waals surface area contributed by atoms with Crippen LogP contribution < -0.4 is 15.2 Å². The van der Waals surface area contributed by atoms with E-state index >= 15 is 0 Å². The number of hydrogen-bond acceptors (Lipinski definition) is 4. The maximum absolute atomic E-state index is 13.2. The molecule has 2 aromatic carbocycles. The molecule has 0 spiro atoms. The van der Waals surface area contributed by atoms with Crippen LogP contribution in [-0.4, -0.2) is 23.7 Å². The predicted molar refractivity (Wildman–Crippen MR) is 80.6 cm³/mol. The average Bonchev–Trinajstić information content (AvgIpc) is 2.47. The van der Waals surface area contributed by atoms with Crippen molar-refractivity contribution in [1.29, 1.82) is 0 Å². The third kappa shape index (κ3) is 4.46. The van der Waals surface area contributed by atoms with Crippen molar-refractivity contribution in [3.63, 3.8) is 0 Å². The van der Waals surface area contributed by atoms with Gasteiger partial charge < -0.3 is 15.2 Å². The van der Waals surface area contributed by atoms with E-state index in [0.29, 0.717) is 10.6 Å². The van der Waals surface area contributed by atoms with Crippen molar-refractivity contribution in [2.75, 3.05) is 25.2 Å². The van der Waals surface area contributed by atoms with Crippen LogP contribution in [-0.2, 0) is 10.8 Å². The van der Waals surface area contributed by atoms with Gasteiger partial charge in [0, 0.05) is 10.6 Å². The fourth-order valence-electron chi connectivity index (χ4n) is 1.74. The van der Waals surface area contributed by atoms with E-state index in [4.69, 9.17) is 15.2 Å². The van der Waals surface area contributed by atoms with Gasteiger partial charge in [-0.3, -0.25) is 4.21 Å². The Kier molecular flexibility index (Phi) is 5.16. The monoisotopic (exact) mass is 309 g/mol. The van der Waals surface area contributed by atoms with Gasteiger partial charge in [0.15, 0.2) is 0 Å². The van der Waals surface area contributed by atoms with E-state index in [-0.39, 0.29) is 18.0 Å². The fraction of sp³-hybridized carbons (Fsp3) is 0.200. The van der Waals surface area contributed by atoms with Crippen molar-refractivity contribution in [2.24, 2.45) is 0 Å². The van der Waals surface area contributed by atoms with Gasteiger partial charge in [0.2, 0.25) is 0 Å². The zero-order valence-electron chi connectivity index (χ0n) is 11.5. The molecule has 0 aromatic heterocycles. The molecule has 0 fully saturated rings. The van der Waals surface area contributed by atoms with Crippen LogP contribution in [0.4, 0.5) is 10.1 Å². The van der Waals surface area contributed by atoms with Crippen LogP contribution in [0.1, 0.15) is 0 Å². The SMILES string of the molecule is COc1ccc(OCCS(=O)c2cc(N)cc(F)c2)cc1. The van der Waals surface area contributed by atoms with Crippen molar-refractivity contribution in [3.8, 4) is 11.5 Å². The molecule has 0 aliphatic carbocycles. The molecule has 6 heteroatoms. The third-order valence-corrected chi connectivity index (χ3v) is 4.05. The second-order valence-corrected chi connectivity index (χ2v) is 5.86. The standard InChI is InChI=1S/C15H16FNO3S/c1-19-13-2-4-14(5-3-13)20-6-7-21(18)15-9-11(16)8-12(17)10-15/h2-5,8-10H,6-7,17H2,1H3. The first-order valence-corrected chi connectivity index (χ1v) is 7.61. The number of ether oxygens (including phenoxy) is 2. The number of benzene rings is 2. The lowest BCUT2D eigenvalue weighted by Crippen LogP contribution is -2.09. The van der Waals surface area contributed by atoms with Gasteiger partial charge in [-0.05, 0) is 42.5 Å². The Labute approximate surface area is 125 Å². The summed E-state index contributed by atoms with van der Waals surface area (Å²) in [6, 6.07) is 11.0. The van der Waals surface area contributed by atoms with E-state index in [0.717, 1.165) is 5.75 Å². The molecule has 2 N–H and O–H groups in total. The summed E-state index contributed by atoms with van der Waals surface area (Å²) in [4.78, 5) is 0.367. The Morgan fingerprint density at radius 2 is 1.81 bits per heavy atom. The lowest BCUT2D eigenvalue weighted by molar-refractivity contribution is 0.341. The summed E-state index contributed by atoms with van der Waals surface area (Å²) in [5, 5.41) is 0. The fourth-order valence-corrected chi connectivity index (χ4v) is 2.72. The molecule has 112 valence electrons. The summed E-state index contributed by atoms with van der Waals surface area (Å²) in [5.41, 5.74) is 5.79. The molecule has 0 saturated carbocycles. The van der Waals surface area contributed by atoms with E-state index in [2.05, 4.69) is 0 Å². The van der Waals surface area contributed by atoms with Crippen LogP contribution in [0.3, 0.4) is 0 Å². The summed E-state index contributed by atoms with van der Waals surface area (Å²) in [6.45, 7) is 0.259. The molecule has 4 nitrogen and oxygen atoms in total. The normalized spacial score (nSPS) is 11.9. The van der Waals surface area contributed by atoms with E-state index in [1.54, 1.807) is 31.4 Å². The quantitative estimate of drug-likeness (QED) is 0.833. The van der Waals surface area contributed by atoms with Gasteiger partial charge in [0.05, 0.1) is 23.7 Å². The Bertz CT molecular complexity index is 611. The molecular formula is C15H16FNO3S. The number of rotatable bonds is 6. The summed E-state index contributed by atoms with van der Waals surface area (Å²) in [6.07, 6.45) is 0. The molecule has 0 amide bonds. The average molecular weight is 309 g/mol. The van der Waals surface area contributed by atoms with Gasteiger partial charge in [0.25, 0.3) is 0 Å². The second-order valence-electron chi connectivity index (χ2n) is 4.29. The molecule has 1 unspecified atom stereocenters. The number of nitrogen functional groups attached to an aromatic ring is 1. The van der Waals surface area contributed by atoms with Crippen LogP contribution >= 0.6 is 0 Å². The van der Waals surface area contributed by atoms with Crippen LogP contribution in [0.15, 0.2) is 47.4 Å². The zero-order chi connectivity index (χ0) is 15.2. The lowest BCUT2D eigenvalue weighted by atomic mass is 10.3. The van der Waals surface area contributed by atoms with E-state index < -0.39 is 16.6 Å². The molecule has 2 aromatic rings. The van der Waals surface area contributed by atoms with Crippen molar-refractivity contribution in [2.45, 2.75) is 4.90 Å². The van der Waals surface area contributed by atoms with Gasteiger partial charge >= 0.3 is 0 Å². The highest BCUT2D eigenvalue weighted by Gasteiger charge is 2.07. The Morgan fingerprint density at radius 1 is 1.14 bits per heavy atom. The molecule has 0 saturated heterocycles. The first kappa shape index (κ1) is 15.3. The maximum atomic E-state index is 13.2. The number of halogens is 1. The molecule has 1 atom stereocenters. The van der Waals surface area contributed by atoms with Crippen molar-refractivity contribution in [3.05, 3.63) is 48.3 Å². The van der Waals surface area contributed by atoms with E-state index in [1.807, 2.05) is 0 Å². The van der Waals surface area contributed by atoms with Gasteiger partial charge in [-0.2, -0.15) is 0 Å². The highest BCUT2D eigenvalue weighted by molar-refractivity contribution is 7.85. The minimum Gasteiger partial charge on any atom is -0.497 e. The first-order chi connectivity index (χ1) is 10.1. The van der Waals surface area contributed by atoms with Crippen molar-refractivity contribution < 1.29 is 18.1 Å². The second kappa shape index (κ2) is 7.08. The smallest absolute Gasteiger partial charge is 0.126 e. The summed E-state index contributed by atoms with van der Waals surface area (Å²) >= 11 is 0. The number of methoxy groups -OCH3 is 1. The van der Waals surface area contributed by atoms with E-state index in [1.165, 1.54) is 18.2 Å². The minimum atomic E-state index is -1.35. The largest absolute Gasteiger partial charge is 0.497 e. The lowest BCUT2D eigenvalue weighted by Gasteiger charge is -2.07. The van der Waals surface area contributed by atoms with E-state index in [9.17, 15) is 8.60 Å². The first-order valence-electron chi connectivity index (χ1n) is 6.30. The highest BCUT2D eigenvalue weighted by Crippen LogP contribution is 2.18. The topological polar surface area (TPSA) is 61.5 Å². The Balaban J connectivity index is 1.88.